The minimum atomic E-state index is -0.182. The number of aryl methyl sites for hydroxylation is 1. The van der Waals surface area contributed by atoms with Crippen molar-refractivity contribution in [3.05, 3.63) is 75.5 Å². The standard InChI is InChI=1S/C22H22Cl2N4O/c1-14-2-5-17(12-20(14)24)27-22(29)19-13-26-28(18-6-3-16(23)4-7-18)21(19)15-8-10-25-11-9-15/h2-7,12-13,15,25H,8-11H2,1H3,(H,27,29). The van der Waals surface area contributed by atoms with Crippen LogP contribution < -0.4 is 10.6 Å². The number of aromatic nitrogens is 2. The summed E-state index contributed by atoms with van der Waals surface area (Å²) in [7, 11) is 0. The second-order valence-corrected chi connectivity index (χ2v) is 8.12. The molecule has 0 atom stereocenters. The predicted molar refractivity (Wildman–Crippen MR) is 118 cm³/mol. The molecule has 0 unspecified atom stereocenters. The highest BCUT2D eigenvalue weighted by molar-refractivity contribution is 6.31. The molecule has 29 heavy (non-hydrogen) atoms. The number of amides is 1. The summed E-state index contributed by atoms with van der Waals surface area (Å²) in [6.45, 7) is 3.77. The van der Waals surface area contributed by atoms with Gasteiger partial charge in [-0.1, -0.05) is 29.3 Å². The third kappa shape index (κ3) is 4.32. The summed E-state index contributed by atoms with van der Waals surface area (Å²) in [4.78, 5) is 13.1. The largest absolute Gasteiger partial charge is 0.322 e. The number of nitrogens with zero attached hydrogens (tertiary/aromatic N) is 2. The number of hydrogen-bond acceptors (Lipinski definition) is 3. The van der Waals surface area contributed by atoms with Gasteiger partial charge in [0.05, 0.1) is 23.1 Å². The Morgan fingerprint density at radius 3 is 2.55 bits per heavy atom. The number of carbonyl (C=O) groups is 1. The normalized spacial score (nSPS) is 14.7. The maximum atomic E-state index is 13.1. The Kier molecular flexibility index (Phi) is 5.90. The van der Waals surface area contributed by atoms with E-state index in [1.807, 2.05) is 48.0 Å². The van der Waals surface area contributed by atoms with Gasteiger partial charge in [0, 0.05) is 21.7 Å². The van der Waals surface area contributed by atoms with Crippen LogP contribution in [0.4, 0.5) is 5.69 Å². The molecule has 0 spiro atoms. The van der Waals surface area contributed by atoms with E-state index in [-0.39, 0.29) is 11.8 Å². The van der Waals surface area contributed by atoms with Crippen LogP contribution in [0.5, 0.6) is 0 Å². The maximum Gasteiger partial charge on any atom is 0.259 e. The summed E-state index contributed by atoms with van der Waals surface area (Å²) in [5.74, 6) is 0.0652. The molecule has 150 valence electrons. The van der Waals surface area contributed by atoms with E-state index >= 15 is 0 Å². The zero-order valence-electron chi connectivity index (χ0n) is 16.1. The second-order valence-electron chi connectivity index (χ2n) is 7.27. The Bertz CT molecular complexity index is 1020. The molecule has 4 rings (SSSR count). The molecule has 1 aliphatic rings. The van der Waals surface area contributed by atoms with E-state index in [2.05, 4.69) is 15.7 Å². The van der Waals surface area contributed by atoms with Gasteiger partial charge in [-0.05, 0) is 74.8 Å². The van der Waals surface area contributed by atoms with Crippen LogP contribution in [0.15, 0.2) is 48.7 Å². The molecule has 0 aliphatic carbocycles. The van der Waals surface area contributed by atoms with E-state index in [0.29, 0.717) is 21.3 Å². The number of carbonyl (C=O) groups excluding carboxylic acids is 1. The lowest BCUT2D eigenvalue weighted by atomic mass is 9.91. The fraction of sp³-hybridized carbons (Fsp3) is 0.273. The Morgan fingerprint density at radius 2 is 1.86 bits per heavy atom. The molecule has 0 radical (unpaired) electrons. The Morgan fingerprint density at radius 1 is 1.14 bits per heavy atom. The Labute approximate surface area is 180 Å². The van der Waals surface area contributed by atoms with Crippen LogP contribution in [0.2, 0.25) is 10.0 Å². The first kappa shape index (κ1) is 20.0. The van der Waals surface area contributed by atoms with E-state index in [1.165, 1.54) is 0 Å². The lowest BCUT2D eigenvalue weighted by molar-refractivity contribution is 0.102. The fourth-order valence-corrected chi connectivity index (χ4v) is 3.98. The van der Waals surface area contributed by atoms with Gasteiger partial charge < -0.3 is 10.6 Å². The number of halogens is 2. The molecule has 1 fully saturated rings. The van der Waals surface area contributed by atoms with Crippen molar-refractivity contribution in [3.8, 4) is 5.69 Å². The quantitative estimate of drug-likeness (QED) is 0.599. The van der Waals surface area contributed by atoms with Gasteiger partial charge in [0.15, 0.2) is 0 Å². The summed E-state index contributed by atoms with van der Waals surface area (Å²) in [6, 6.07) is 13.0. The number of anilines is 1. The zero-order valence-corrected chi connectivity index (χ0v) is 17.6. The number of piperidine rings is 1. The first-order valence-electron chi connectivity index (χ1n) is 9.65. The van der Waals surface area contributed by atoms with Crippen molar-refractivity contribution >= 4 is 34.8 Å². The molecule has 3 aromatic rings. The number of hydrogen-bond donors (Lipinski definition) is 2. The first-order chi connectivity index (χ1) is 14.0. The van der Waals surface area contributed by atoms with Gasteiger partial charge in [-0.25, -0.2) is 4.68 Å². The van der Waals surface area contributed by atoms with Crippen molar-refractivity contribution in [1.82, 2.24) is 15.1 Å². The summed E-state index contributed by atoms with van der Waals surface area (Å²) in [6.07, 6.45) is 3.56. The molecular formula is C22H22Cl2N4O. The summed E-state index contributed by atoms with van der Waals surface area (Å²) >= 11 is 12.3. The third-order valence-corrected chi connectivity index (χ3v) is 5.94. The summed E-state index contributed by atoms with van der Waals surface area (Å²) < 4.78 is 1.86. The van der Waals surface area contributed by atoms with E-state index in [1.54, 1.807) is 12.3 Å². The van der Waals surface area contributed by atoms with E-state index in [9.17, 15) is 4.79 Å². The lowest BCUT2D eigenvalue weighted by Crippen LogP contribution is -2.29. The van der Waals surface area contributed by atoms with Crippen LogP contribution in [0, 0.1) is 6.92 Å². The van der Waals surface area contributed by atoms with Crippen LogP contribution in [-0.4, -0.2) is 28.8 Å². The van der Waals surface area contributed by atoms with E-state index in [0.717, 1.165) is 42.9 Å². The van der Waals surface area contributed by atoms with Gasteiger partial charge in [-0.3, -0.25) is 4.79 Å². The average Bonchev–Trinajstić information content (AvgIpc) is 3.17. The van der Waals surface area contributed by atoms with Gasteiger partial charge in [0.2, 0.25) is 0 Å². The molecular weight excluding hydrogens is 407 g/mol. The molecule has 1 saturated heterocycles. The number of rotatable bonds is 4. The lowest BCUT2D eigenvalue weighted by Gasteiger charge is -2.24. The average molecular weight is 429 g/mol. The SMILES string of the molecule is Cc1ccc(NC(=O)c2cnn(-c3ccc(Cl)cc3)c2C2CCNCC2)cc1Cl. The van der Waals surface area contributed by atoms with Crippen LogP contribution in [0.3, 0.4) is 0 Å². The second kappa shape index (κ2) is 8.57. The Balaban J connectivity index is 1.70. The molecule has 7 heteroatoms. The maximum absolute atomic E-state index is 13.1. The van der Waals surface area contributed by atoms with Gasteiger partial charge in [0.1, 0.15) is 0 Å². The molecule has 1 aliphatic heterocycles. The smallest absolute Gasteiger partial charge is 0.259 e. The third-order valence-electron chi connectivity index (χ3n) is 5.28. The molecule has 2 N–H and O–H groups in total. The highest BCUT2D eigenvalue weighted by Gasteiger charge is 2.27. The van der Waals surface area contributed by atoms with Crippen molar-refractivity contribution in [2.45, 2.75) is 25.7 Å². The topological polar surface area (TPSA) is 59.0 Å². The Hall–Kier alpha value is -2.34. The number of nitrogens with one attached hydrogen (secondary N) is 2. The minimum absolute atomic E-state index is 0.182. The monoisotopic (exact) mass is 428 g/mol. The van der Waals surface area contributed by atoms with Gasteiger partial charge in [-0.15, -0.1) is 0 Å². The zero-order chi connectivity index (χ0) is 20.4. The molecule has 2 aromatic carbocycles. The van der Waals surface area contributed by atoms with Crippen LogP contribution in [0.1, 0.15) is 40.4 Å². The molecule has 1 amide bonds. The highest BCUT2D eigenvalue weighted by Crippen LogP contribution is 2.31. The molecule has 0 saturated carbocycles. The predicted octanol–water partition coefficient (Wildman–Crippen LogP) is 5.21. The molecule has 0 bridgehead atoms. The van der Waals surface area contributed by atoms with Crippen molar-refractivity contribution in [3.63, 3.8) is 0 Å². The van der Waals surface area contributed by atoms with Crippen molar-refractivity contribution in [2.75, 3.05) is 18.4 Å². The highest BCUT2D eigenvalue weighted by atomic mass is 35.5. The summed E-state index contributed by atoms with van der Waals surface area (Å²) in [5.41, 5.74) is 4.05. The van der Waals surface area contributed by atoms with Gasteiger partial charge in [-0.2, -0.15) is 5.10 Å². The molecule has 2 heterocycles. The minimum Gasteiger partial charge on any atom is -0.322 e. The summed E-state index contributed by atoms with van der Waals surface area (Å²) in [5, 5.41) is 12.2. The van der Waals surface area contributed by atoms with Crippen molar-refractivity contribution in [1.29, 1.82) is 0 Å². The van der Waals surface area contributed by atoms with E-state index in [4.69, 9.17) is 23.2 Å². The number of benzene rings is 2. The fourth-order valence-electron chi connectivity index (χ4n) is 3.68. The van der Waals surface area contributed by atoms with E-state index < -0.39 is 0 Å². The van der Waals surface area contributed by atoms with Crippen molar-refractivity contribution in [2.24, 2.45) is 0 Å². The van der Waals surface area contributed by atoms with Crippen LogP contribution in [0.25, 0.3) is 5.69 Å². The van der Waals surface area contributed by atoms with Crippen LogP contribution >= 0.6 is 23.2 Å². The molecule has 1 aromatic heterocycles. The molecule has 5 nitrogen and oxygen atoms in total. The van der Waals surface area contributed by atoms with Crippen LogP contribution in [-0.2, 0) is 0 Å². The van der Waals surface area contributed by atoms with Gasteiger partial charge >= 0.3 is 0 Å². The van der Waals surface area contributed by atoms with Crippen molar-refractivity contribution < 1.29 is 4.79 Å². The first-order valence-corrected chi connectivity index (χ1v) is 10.4. The van der Waals surface area contributed by atoms with Gasteiger partial charge in [0.25, 0.3) is 5.91 Å².